The van der Waals surface area contributed by atoms with Gasteiger partial charge in [0.25, 0.3) is 0 Å². The Morgan fingerprint density at radius 3 is 2.16 bits per heavy atom. The minimum Gasteiger partial charge on any atom is -0.349 e. The quantitative estimate of drug-likeness (QED) is 0.633. The van der Waals surface area contributed by atoms with Crippen molar-refractivity contribution in [3.05, 3.63) is 107 Å². The van der Waals surface area contributed by atoms with Crippen molar-refractivity contribution in [1.82, 2.24) is 4.90 Å². The zero-order valence-electron chi connectivity index (χ0n) is 14.4. The Kier molecular flexibility index (Phi) is 4.34. The Morgan fingerprint density at radius 2 is 1.48 bits per heavy atom. The fourth-order valence-electron chi connectivity index (χ4n) is 3.60. The van der Waals surface area contributed by atoms with E-state index in [0.717, 1.165) is 6.54 Å². The highest BCUT2D eigenvalue weighted by atomic mass is 15.2. The van der Waals surface area contributed by atoms with Crippen molar-refractivity contribution in [2.24, 2.45) is 4.99 Å². The largest absolute Gasteiger partial charge is 0.349 e. The summed E-state index contributed by atoms with van der Waals surface area (Å²) in [5.74, 6) is 0. The van der Waals surface area contributed by atoms with E-state index in [4.69, 9.17) is 4.99 Å². The normalized spacial score (nSPS) is 19.3. The topological polar surface area (TPSA) is 15.6 Å². The molecule has 2 heteroatoms. The van der Waals surface area contributed by atoms with Gasteiger partial charge in [0.05, 0.1) is 12.4 Å². The van der Waals surface area contributed by atoms with Crippen molar-refractivity contribution < 1.29 is 0 Å². The monoisotopic (exact) mass is 326 g/mol. The van der Waals surface area contributed by atoms with Crippen LogP contribution in [0.5, 0.6) is 0 Å². The molecule has 3 aromatic rings. The summed E-state index contributed by atoms with van der Waals surface area (Å²) in [6.07, 6.45) is 2.03. The lowest BCUT2D eigenvalue weighted by molar-refractivity contribution is 0.310. The van der Waals surface area contributed by atoms with Gasteiger partial charge >= 0.3 is 0 Å². The van der Waals surface area contributed by atoms with E-state index in [1.54, 1.807) is 0 Å². The average molecular weight is 326 g/mol. The fourth-order valence-corrected chi connectivity index (χ4v) is 3.60. The minimum absolute atomic E-state index is 0.133. The Labute approximate surface area is 149 Å². The second-order valence-corrected chi connectivity index (χ2v) is 6.64. The molecule has 0 fully saturated rings. The fraction of sp³-hybridized carbons (Fsp3) is 0.174. The predicted octanol–water partition coefficient (Wildman–Crippen LogP) is 5.32. The maximum absolute atomic E-state index is 4.86. The van der Waals surface area contributed by atoms with Crippen LogP contribution in [0.3, 0.4) is 0 Å². The maximum Gasteiger partial charge on any atom is 0.101 e. The molecule has 0 aromatic heterocycles. The van der Waals surface area contributed by atoms with Gasteiger partial charge in [-0.3, -0.25) is 4.99 Å². The van der Waals surface area contributed by atoms with Crippen molar-refractivity contribution in [3.8, 4) is 0 Å². The first kappa shape index (κ1) is 15.6. The summed E-state index contributed by atoms with van der Waals surface area (Å²) in [4.78, 5) is 7.23. The summed E-state index contributed by atoms with van der Waals surface area (Å²) < 4.78 is 0. The molecule has 0 saturated carbocycles. The molecule has 0 aliphatic carbocycles. The zero-order valence-corrected chi connectivity index (χ0v) is 14.4. The van der Waals surface area contributed by atoms with Gasteiger partial charge in [-0.2, -0.15) is 0 Å². The number of benzene rings is 3. The molecule has 3 aromatic carbocycles. The third kappa shape index (κ3) is 3.34. The van der Waals surface area contributed by atoms with Crippen LogP contribution in [0.25, 0.3) is 0 Å². The highest BCUT2D eigenvalue weighted by Crippen LogP contribution is 2.40. The van der Waals surface area contributed by atoms with Crippen LogP contribution in [0.4, 0.5) is 0 Å². The molecule has 2 unspecified atom stereocenters. The molecule has 2 nitrogen and oxygen atoms in total. The summed E-state index contributed by atoms with van der Waals surface area (Å²) in [7, 11) is 0. The van der Waals surface area contributed by atoms with Crippen molar-refractivity contribution in [2.75, 3.05) is 0 Å². The summed E-state index contributed by atoms with van der Waals surface area (Å²) in [6.45, 7) is 3.01. The molecule has 1 aliphatic rings. The Morgan fingerprint density at radius 1 is 0.800 bits per heavy atom. The maximum atomic E-state index is 4.86. The van der Waals surface area contributed by atoms with E-state index in [9.17, 15) is 0 Å². The second-order valence-electron chi connectivity index (χ2n) is 6.64. The molecule has 0 spiro atoms. The van der Waals surface area contributed by atoms with Gasteiger partial charge in [0, 0.05) is 6.54 Å². The molecule has 25 heavy (non-hydrogen) atoms. The molecular formula is C23H22N2. The Bertz CT molecular complexity index is 856. The first-order valence-electron chi connectivity index (χ1n) is 8.76. The van der Waals surface area contributed by atoms with Crippen molar-refractivity contribution >= 4 is 6.34 Å². The average Bonchev–Trinajstić information content (AvgIpc) is 3.07. The van der Waals surface area contributed by atoms with Gasteiger partial charge < -0.3 is 4.90 Å². The molecule has 2 atom stereocenters. The van der Waals surface area contributed by atoms with Crippen LogP contribution in [-0.2, 0) is 6.54 Å². The van der Waals surface area contributed by atoms with Crippen LogP contribution in [0.1, 0.15) is 34.3 Å². The number of aliphatic imine (C=N–C) groups is 1. The van der Waals surface area contributed by atoms with E-state index in [2.05, 4.69) is 96.8 Å². The van der Waals surface area contributed by atoms with E-state index in [1.165, 1.54) is 22.3 Å². The van der Waals surface area contributed by atoms with Crippen LogP contribution in [0.15, 0.2) is 89.9 Å². The summed E-state index contributed by atoms with van der Waals surface area (Å²) in [5.41, 5.74) is 5.19. The van der Waals surface area contributed by atoms with E-state index in [1.807, 2.05) is 6.34 Å². The summed E-state index contributed by atoms with van der Waals surface area (Å²) in [6, 6.07) is 30.4. The van der Waals surface area contributed by atoms with Crippen LogP contribution >= 0.6 is 0 Å². The van der Waals surface area contributed by atoms with Crippen LogP contribution < -0.4 is 0 Å². The van der Waals surface area contributed by atoms with Gasteiger partial charge in [0.1, 0.15) is 6.04 Å². The van der Waals surface area contributed by atoms with Crippen LogP contribution in [-0.4, -0.2) is 11.2 Å². The van der Waals surface area contributed by atoms with Crippen LogP contribution in [0, 0.1) is 6.92 Å². The molecule has 0 N–H and O–H groups in total. The van der Waals surface area contributed by atoms with Gasteiger partial charge in [-0.15, -0.1) is 0 Å². The highest BCUT2D eigenvalue weighted by Gasteiger charge is 2.33. The van der Waals surface area contributed by atoms with Gasteiger partial charge in [-0.25, -0.2) is 0 Å². The number of rotatable bonds is 4. The molecule has 1 heterocycles. The Hall–Kier alpha value is -2.87. The number of hydrogen-bond acceptors (Lipinski definition) is 2. The van der Waals surface area contributed by atoms with Gasteiger partial charge in [0.15, 0.2) is 0 Å². The van der Waals surface area contributed by atoms with Gasteiger partial charge in [-0.1, -0.05) is 90.5 Å². The molecule has 0 bridgehead atoms. The predicted molar refractivity (Wildman–Crippen MR) is 104 cm³/mol. The van der Waals surface area contributed by atoms with Crippen molar-refractivity contribution in [3.63, 3.8) is 0 Å². The third-order valence-corrected chi connectivity index (χ3v) is 4.76. The molecular weight excluding hydrogens is 304 g/mol. The molecule has 4 rings (SSSR count). The van der Waals surface area contributed by atoms with Crippen LogP contribution in [0.2, 0.25) is 0 Å². The lowest BCUT2D eigenvalue weighted by Crippen LogP contribution is -2.25. The Balaban J connectivity index is 1.68. The summed E-state index contributed by atoms with van der Waals surface area (Å²) in [5, 5.41) is 0. The highest BCUT2D eigenvalue weighted by molar-refractivity contribution is 5.61. The SMILES string of the molecule is Cc1cccc(CN2C=NC(c3ccccc3)C2c2ccccc2)c1. The number of hydrogen-bond donors (Lipinski definition) is 0. The van der Waals surface area contributed by atoms with Crippen molar-refractivity contribution in [1.29, 1.82) is 0 Å². The third-order valence-electron chi connectivity index (χ3n) is 4.76. The minimum atomic E-state index is 0.133. The van der Waals surface area contributed by atoms with Gasteiger partial charge in [-0.05, 0) is 23.6 Å². The summed E-state index contributed by atoms with van der Waals surface area (Å²) >= 11 is 0. The molecule has 0 amide bonds. The first-order chi connectivity index (χ1) is 12.3. The molecule has 1 aliphatic heterocycles. The number of aryl methyl sites for hydroxylation is 1. The van der Waals surface area contributed by atoms with Crippen molar-refractivity contribution in [2.45, 2.75) is 25.6 Å². The molecule has 0 radical (unpaired) electrons. The lowest BCUT2D eigenvalue weighted by Gasteiger charge is -2.29. The smallest absolute Gasteiger partial charge is 0.101 e. The van der Waals surface area contributed by atoms with E-state index < -0.39 is 0 Å². The van der Waals surface area contributed by atoms with E-state index >= 15 is 0 Å². The zero-order chi connectivity index (χ0) is 17.1. The standard InChI is InChI=1S/C23H22N2/c1-18-9-8-10-19(15-18)16-25-17-24-22(20-11-4-2-5-12-20)23(25)21-13-6-3-7-14-21/h2-15,17,22-23H,16H2,1H3. The van der Waals surface area contributed by atoms with E-state index in [0.29, 0.717) is 0 Å². The molecule has 124 valence electrons. The number of nitrogens with zero attached hydrogens (tertiary/aromatic N) is 2. The lowest BCUT2D eigenvalue weighted by atomic mass is 9.93. The molecule has 0 saturated heterocycles. The second kappa shape index (κ2) is 6.94. The first-order valence-corrected chi connectivity index (χ1v) is 8.76. The van der Waals surface area contributed by atoms with E-state index in [-0.39, 0.29) is 12.1 Å². The van der Waals surface area contributed by atoms with Gasteiger partial charge in [0.2, 0.25) is 0 Å².